The molecule has 0 spiro atoms. The standard InChI is InChI=1S/C21H14ClN5O4/c22-16-8-5-14(6-9-16)20(28)26-25-19-18(27(29)30)21(24-12-23-19)31-17-10-7-13-3-1-2-4-15(13)11-17/h1-12H,(H,26,28)(H,23,24,25). The highest BCUT2D eigenvalue weighted by Crippen LogP contribution is 2.34. The Bertz CT molecular complexity index is 1280. The predicted octanol–water partition coefficient (Wildman–Crippen LogP) is 4.74. The normalized spacial score (nSPS) is 10.5. The van der Waals surface area contributed by atoms with E-state index < -0.39 is 16.5 Å². The van der Waals surface area contributed by atoms with Crippen LogP contribution in [0.25, 0.3) is 10.8 Å². The number of hydrogen-bond donors (Lipinski definition) is 2. The van der Waals surface area contributed by atoms with Crippen LogP contribution in [-0.4, -0.2) is 20.8 Å². The summed E-state index contributed by atoms with van der Waals surface area (Å²) in [6.07, 6.45) is 1.10. The van der Waals surface area contributed by atoms with Gasteiger partial charge in [0.2, 0.25) is 5.82 Å². The molecule has 0 aliphatic rings. The number of carbonyl (C=O) groups is 1. The van der Waals surface area contributed by atoms with Crippen molar-refractivity contribution in [2.75, 3.05) is 5.43 Å². The summed E-state index contributed by atoms with van der Waals surface area (Å²) in [5.41, 5.74) is 4.61. The molecule has 0 aliphatic carbocycles. The molecular weight excluding hydrogens is 422 g/mol. The van der Waals surface area contributed by atoms with Gasteiger partial charge in [0.05, 0.1) is 4.92 Å². The van der Waals surface area contributed by atoms with E-state index in [1.54, 1.807) is 24.3 Å². The summed E-state index contributed by atoms with van der Waals surface area (Å²) >= 11 is 5.81. The molecular formula is C21H14ClN5O4. The predicted molar refractivity (Wildman–Crippen MR) is 115 cm³/mol. The minimum atomic E-state index is -0.687. The number of fused-ring (bicyclic) bond motifs is 1. The molecule has 0 radical (unpaired) electrons. The number of anilines is 1. The maximum Gasteiger partial charge on any atom is 0.374 e. The zero-order chi connectivity index (χ0) is 21.8. The van der Waals surface area contributed by atoms with E-state index in [1.807, 2.05) is 30.3 Å². The zero-order valence-corrected chi connectivity index (χ0v) is 16.5. The average molecular weight is 436 g/mol. The van der Waals surface area contributed by atoms with Crippen molar-refractivity contribution in [2.24, 2.45) is 0 Å². The number of amides is 1. The van der Waals surface area contributed by atoms with Crippen LogP contribution in [0.4, 0.5) is 11.5 Å². The number of hydrazine groups is 1. The summed E-state index contributed by atoms with van der Waals surface area (Å²) in [4.78, 5) is 31.0. The number of hydrogen-bond acceptors (Lipinski definition) is 7. The van der Waals surface area contributed by atoms with Crippen molar-refractivity contribution in [2.45, 2.75) is 0 Å². The van der Waals surface area contributed by atoms with Gasteiger partial charge in [0, 0.05) is 10.6 Å². The number of nitrogens with one attached hydrogen (secondary N) is 2. The molecule has 1 aromatic heterocycles. The first-order chi connectivity index (χ1) is 15.0. The molecule has 4 rings (SSSR count). The van der Waals surface area contributed by atoms with Crippen LogP contribution in [-0.2, 0) is 0 Å². The lowest BCUT2D eigenvalue weighted by Crippen LogP contribution is -2.30. The molecule has 0 saturated heterocycles. The first kappa shape index (κ1) is 20.0. The monoisotopic (exact) mass is 435 g/mol. The Kier molecular flexibility index (Phi) is 5.59. The fourth-order valence-corrected chi connectivity index (χ4v) is 2.95. The SMILES string of the molecule is O=C(NNc1ncnc(Oc2ccc3ccccc3c2)c1[N+](=O)[O-])c1ccc(Cl)cc1. The molecule has 0 unspecified atom stereocenters. The third-order valence-electron chi connectivity index (χ3n) is 4.31. The second kappa shape index (κ2) is 8.64. The third kappa shape index (κ3) is 4.51. The number of aromatic nitrogens is 2. The van der Waals surface area contributed by atoms with Crippen LogP contribution < -0.4 is 15.6 Å². The van der Waals surface area contributed by atoms with Gasteiger partial charge in [-0.05, 0) is 47.2 Å². The highest BCUT2D eigenvalue weighted by molar-refractivity contribution is 6.30. The minimum absolute atomic E-state index is 0.224. The Morgan fingerprint density at radius 1 is 1.00 bits per heavy atom. The van der Waals surface area contributed by atoms with E-state index in [9.17, 15) is 14.9 Å². The molecule has 10 heteroatoms. The fourth-order valence-electron chi connectivity index (χ4n) is 2.83. The van der Waals surface area contributed by atoms with Crippen molar-refractivity contribution in [3.05, 3.63) is 93.8 Å². The van der Waals surface area contributed by atoms with Gasteiger partial charge in [-0.3, -0.25) is 25.8 Å². The second-order valence-electron chi connectivity index (χ2n) is 6.33. The largest absolute Gasteiger partial charge is 0.434 e. The highest BCUT2D eigenvalue weighted by Gasteiger charge is 2.25. The van der Waals surface area contributed by atoms with Crippen LogP contribution in [0.2, 0.25) is 5.02 Å². The minimum Gasteiger partial charge on any atom is -0.434 e. The van der Waals surface area contributed by atoms with E-state index in [0.717, 1.165) is 17.1 Å². The number of halogens is 1. The number of ether oxygens (including phenoxy) is 1. The quantitative estimate of drug-likeness (QED) is 0.331. The van der Waals surface area contributed by atoms with Gasteiger partial charge < -0.3 is 4.74 Å². The van der Waals surface area contributed by atoms with Gasteiger partial charge in [-0.15, -0.1) is 0 Å². The number of nitrogens with zero attached hydrogens (tertiary/aromatic N) is 3. The summed E-state index contributed by atoms with van der Waals surface area (Å²) in [6, 6.07) is 19.0. The van der Waals surface area contributed by atoms with E-state index in [1.165, 1.54) is 12.1 Å². The van der Waals surface area contributed by atoms with Crippen LogP contribution in [0.3, 0.4) is 0 Å². The van der Waals surface area contributed by atoms with Crippen molar-refractivity contribution in [1.29, 1.82) is 0 Å². The number of benzene rings is 3. The number of carbonyl (C=O) groups excluding carboxylic acids is 1. The molecule has 0 fully saturated rings. The van der Waals surface area contributed by atoms with E-state index in [2.05, 4.69) is 20.8 Å². The molecule has 0 bridgehead atoms. The second-order valence-corrected chi connectivity index (χ2v) is 6.77. The smallest absolute Gasteiger partial charge is 0.374 e. The Balaban J connectivity index is 1.57. The van der Waals surface area contributed by atoms with Crippen LogP contribution in [0.15, 0.2) is 73.1 Å². The summed E-state index contributed by atoms with van der Waals surface area (Å²) in [6.45, 7) is 0. The lowest BCUT2D eigenvalue weighted by molar-refractivity contribution is -0.385. The van der Waals surface area contributed by atoms with E-state index >= 15 is 0 Å². The molecule has 0 saturated carbocycles. The number of rotatable bonds is 6. The lowest BCUT2D eigenvalue weighted by atomic mass is 10.1. The average Bonchev–Trinajstić information content (AvgIpc) is 2.77. The summed E-state index contributed by atoms with van der Waals surface area (Å²) in [7, 11) is 0. The Labute approximate surface area is 180 Å². The molecule has 9 nitrogen and oxygen atoms in total. The van der Waals surface area contributed by atoms with Crippen LogP contribution >= 0.6 is 11.6 Å². The van der Waals surface area contributed by atoms with E-state index in [-0.39, 0.29) is 11.7 Å². The van der Waals surface area contributed by atoms with Crippen molar-refractivity contribution < 1.29 is 14.5 Å². The summed E-state index contributed by atoms with van der Waals surface area (Å²) < 4.78 is 5.66. The van der Waals surface area contributed by atoms with Crippen molar-refractivity contribution in [3.63, 3.8) is 0 Å². The van der Waals surface area contributed by atoms with Crippen molar-refractivity contribution in [1.82, 2.24) is 15.4 Å². The van der Waals surface area contributed by atoms with Crippen LogP contribution in [0, 0.1) is 10.1 Å². The molecule has 1 heterocycles. The van der Waals surface area contributed by atoms with Crippen LogP contribution in [0.1, 0.15) is 10.4 Å². The first-order valence-electron chi connectivity index (χ1n) is 8.99. The maximum absolute atomic E-state index is 12.2. The van der Waals surface area contributed by atoms with Gasteiger partial charge in [-0.1, -0.05) is 41.9 Å². The fraction of sp³-hybridized carbons (Fsp3) is 0. The molecule has 3 aromatic carbocycles. The molecule has 0 aliphatic heterocycles. The topological polar surface area (TPSA) is 119 Å². The van der Waals surface area contributed by atoms with Gasteiger partial charge in [0.25, 0.3) is 5.91 Å². The maximum atomic E-state index is 12.2. The van der Waals surface area contributed by atoms with E-state index in [4.69, 9.17) is 16.3 Å². The highest BCUT2D eigenvalue weighted by atomic mass is 35.5. The van der Waals surface area contributed by atoms with E-state index in [0.29, 0.717) is 16.3 Å². The van der Waals surface area contributed by atoms with Crippen molar-refractivity contribution in [3.8, 4) is 11.6 Å². The molecule has 2 N–H and O–H groups in total. The molecule has 154 valence electrons. The van der Waals surface area contributed by atoms with Gasteiger partial charge in [-0.25, -0.2) is 4.98 Å². The molecule has 1 amide bonds. The van der Waals surface area contributed by atoms with Gasteiger partial charge in [0.1, 0.15) is 12.1 Å². The number of nitro groups is 1. The molecule has 4 aromatic rings. The first-order valence-corrected chi connectivity index (χ1v) is 9.37. The lowest BCUT2D eigenvalue weighted by Gasteiger charge is -2.11. The van der Waals surface area contributed by atoms with Gasteiger partial charge in [0.15, 0.2) is 0 Å². The Morgan fingerprint density at radius 3 is 2.48 bits per heavy atom. The van der Waals surface area contributed by atoms with Crippen molar-refractivity contribution >= 4 is 39.8 Å². The summed E-state index contributed by atoms with van der Waals surface area (Å²) in [5.74, 6) is -0.644. The Hall–Kier alpha value is -4.24. The molecule has 0 atom stereocenters. The zero-order valence-electron chi connectivity index (χ0n) is 15.8. The van der Waals surface area contributed by atoms with Gasteiger partial charge >= 0.3 is 11.6 Å². The third-order valence-corrected chi connectivity index (χ3v) is 4.56. The van der Waals surface area contributed by atoms with Crippen LogP contribution in [0.5, 0.6) is 11.6 Å². The summed E-state index contributed by atoms with van der Waals surface area (Å²) in [5, 5.41) is 14.1. The molecule has 31 heavy (non-hydrogen) atoms. The van der Waals surface area contributed by atoms with Gasteiger partial charge in [-0.2, -0.15) is 4.98 Å². The Morgan fingerprint density at radius 2 is 1.74 bits per heavy atom.